The predicted molar refractivity (Wildman–Crippen MR) is 65.0 cm³/mol. The van der Waals surface area contributed by atoms with Crippen molar-refractivity contribution < 1.29 is 0 Å². The minimum Gasteiger partial charge on any atom is -0.362 e. The molecule has 0 aromatic carbocycles. The number of rotatable bonds is 2. The average molecular weight is 247 g/mol. The summed E-state index contributed by atoms with van der Waals surface area (Å²) in [6, 6.07) is 4.22. The maximum atomic E-state index is 9.27. The van der Waals surface area contributed by atoms with Crippen molar-refractivity contribution in [2.24, 2.45) is 0 Å². The first-order valence-electron chi connectivity index (χ1n) is 5.31. The van der Waals surface area contributed by atoms with Crippen LogP contribution in [0.3, 0.4) is 0 Å². The molecule has 1 aromatic rings. The molecule has 5 heteroatoms. The zero-order valence-electron chi connectivity index (χ0n) is 9.66. The maximum absolute atomic E-state index is 9.27. The van der Waals surface area contributed by atoms with E-state index >= 15 is 0 Å². The minimum absolute atomic E-state index is 0.192. The average Bonchev–Trinajstić information content (AvgIpc) is 3.11. The zero-order valence-corrected chi connectivity index (χ0v) is 10.4. The molecule has 17 heavy (non-hydrogen) atoms. The third-order valence-electron chi connectivity index (χ3n) is 2.81. The van der Waals surface area contributed by atoms with Crippen LogP contribution in [0.25, 0.3) is 0 Å². The number of aromatic nitrogens is 1. The Morgan fingerprint density at radius 1 is 1.24 bits per heavy atom. The lowest BCUT2D eigenvalue weighted by molar-refractivity contribution is 1.02. The van der Waals surface area contributed by atoms with Crippen molar-refractivity contribution in [2.75, 3.05) is 19.0 Å². The monoisotopic (exact) mass is 246 g/mol. The topological polar surface area (TPSA) is 63.7 Å². The second-order valence-electron chi connectivity index (χ2n) is 4.28. The first-order valence-corrected chi connectivity index (χ1v) is 5.68. The van der Waals surface area contributed by atoms with Crippen LogP contribution in [-0.2, 0) is 0 Å². The first-order chi connectivity index (χ1) is 8.10. The van der Waals surface area contributed by atoms with Crippen molar-refractivity contribution in [3.05, 3.63) is 21.8 Å². The highest BCUT2D eigenvalue weighted by molar-refractivity contribution is 6.30. The molecule has 1 heterocycles. The summed E-state index contributed by atoms with van der Waals surface area (Å²) in [6.07, 6.45) is 2.02. The summed E-state index contributed by atoms with van der Waals surface area (Å²) in [4.78, 5) is 5.88. The molecule has 1 saturated carbocycles. The molecule has 1 aliphatic carbocycles. The normalized spacial score (nSPS) is 13.9. The Balaban J connectivity index is 2.76. The van der Waals surface area contributed by atoms with Gasteiger partial charge in [0.05, 0.1) is 11.1 Å². The van der Waals surface area contributed by atoms with Crippen molar-refractivity contribution in [3.63, 3.8) is 0 Å². The van der Waals surface area contributed by atoms with Gasteiger partial charge in [-0.1, -0.05) is 11.6 Å². The van der Waals surface area contributed by atoms with Crippen molar-refractivity contribution >= 4 is 17.4 Å². The van der Waals surface area contributed by atoms with Crippen LogP contribution in [0.5, 0.6) is 0 Å². The molecule has 0 spiro atoms. The first kappa shape index (κ1) is 11.7. The fourth-order valence-electron chi connectivity index (χ4n) is 1.88. The molecule has 0 bridgehead atoms. The van der Waals surface area contributed by atoms with Crippen molar-refractivity contribution in [1.82, 2.24) is 4.98 Å². The van der Waals surface area contributed by atoms with Gasteiger partial charge in [-0.25, -0.2) is 4.98 Å². The van der Waals surface area contributed by atoms with Crippen LogP contribution in [0.1, 0.15) is 35.4 Å². The SMILES string of the molecule is CN(C)c1nc(Cl)c(C#N)c(C2CC2)c1C#N. The highest BCUT2D eigenvalue weighted by Gasteiger charge is 2.32. The van der Waals surface area contributed by atoms with Gasteiger partial charge in [-0.05, 0) is 24.3 Å². The molecule has 86 valence electrons. The number of nitrogens with zero attached hydrogens (tertiary/aromatic N) is 4. The van der Waals surface area contributed by atoms with Crippen LogP contribution in [0, 0.1) is 22.7 Å². The number of nitriles is 2. The van der Waals surface area contributed by atoms with E-state index in [1.54, 1.807) is 4.90 Å². The Bertz CT molecular complexity index is 547. The molecule has 0 saturated heterocycles. The highest BCUT2D eigenvalue weighted by Crippen LogP contribution is 2.45. The van der Waals surface area contributed by atoms with Crippen LogP contribution in [0.15, 0.2) is 0 Å². The summed E-state index contributed by atoms with van der Waals surface area (Å²) in [5.41, 5.74) is 1.62. The summed E-state index contributed by atoms with van der Waals surface area (Å²) in [5.74, 6) is 0.830. The van der Waals surface area contributed by atoms with Gasteiger partial charge in [-0.2, -0.15) is 10.5 Å². The molecule has 0 unspecified atom stereocenters. The second-order valence-corrected chi connectivity index (χ2v) is 4.64. The van der Waals surface area contributed by atoms with Crippen LogP contribution in [0.4, 0.5) is 5.82 Å². The molecule has 2 rings (SSSR count). The van der Waals surface area contributed by atoms with E-state index in [9.17, 15) is 5.26 Å². The van der Waals surface area contributed by atoms with E-state index < -0.39 is 0 Å². The van der Waals surface area contributed by atoms with Crippen molar-refractivity contribution in [1.29, 1.82) is 10.5 Å². The summed E-state index contributed by atoms with van der Waals surface area (Å²) in [7, 11) is 3.62. The van der Waals surface area contributed by atoms with Crippen molar-refractivity contribution in [2.45, 2.75) is 18.8 Å². The number of anilines is 1. The Labute approximate surface area is 105 Å². The molecule has 0 amide bonds. The van der Waals surface area contributed by atoms with E-state index in [4.69, 9.17) is 16.9 Å². The summed E-state index contributed by atoms with van der Waals surface area (Å²) < 4.78 is 0. The molecule has 1 aromatic heterocycles. The summed E-state index contributed by atoms with van der Waals surface area (Å²) >= 11 is 6.01. The molecule has 0 N–H and O–H groups in total. The predicted octanol–water partition coefficient (Wildman–Crippen LogP) is 2.42. The Morgan fingerprint density at radius 3 is 2.24 bits per heavy atom. The quantitative estimate of drug-likeness (QED) is 0.752. The number of pyridine rings is 1. The molecular formula is C12H11ClN4. The minimum atomic E-state index is 0.192. The fourth-order valence-corrected chi connectivity index (χ4v) is 2.11. The molecule has 4 nitrogen and oxygen atoms in total. The van der Waals surface area contributed by atoms with E-state index in [1.807, 2.05) is 14.1 Å². The van der Waals surface area contributed by atoms with Gasteiger partial charge >= 0.3 is 0 Å². The summed E-state index contributed by atoms with van der Waals surface area (Å²) in [6.45, 7) is 0. The zero-order chi connectivity index (χ0) is 12.6. The Hall–Kier alpha value is -1.78. The van der Waals surface area contributed by atoms with Gasteiger partial charge in [0.25, 0.3) is 0 Å². The number of hydrogen-bond acceptors (Lipinski definition) is 4. The smallest absolute Gasteiger partial charge is 0.149 e. The van der Waals surface area contributed by atoms with E-state index in [1.165, 1.54) is 0 Å². The van der Waals surface area contributed by atoms with Gasteiger partial charge in [0, 0.05) is 14.1 Å². The lowest BCUT2D eigenvalue weighted by Gasteiger charge is -2.17. The maximum Gasteiger partial charge on any atom is 0.149 e. The van der Waals surface area contributed by atoms with Crippen LogP contribution >= 0.6 is 11.6 Å². The third-order valence-corrected chi connectivity index (χ3v) is 3.08. The molecular weight excluding hydrogens is 236 g/mol. The van der Waals surface area contributed by atoms with Gasteiger partial charge in [0.1, 0.15) is 23.1 Å². The van der Waals surface area contributed by atoms with E-state index in [2.05, 4.69) is 17.1 Å². The molecule has 0 atom stereocenters. The van der Waals surface area contributed by atoms with Gasteiger partial charge in [0.15, 0.2) is 0 Å². The van der Waals surface area contributed by atoms with Gasteiger partial charge in [-0.15, -0.1) is 0 Å². The molecule has 1 aliphatic rings. The molecule has 1 fully saturated rings. The van der Waals surface area contributed by atoms with E-state index in [0.717, 1.165) is 18.4 Å². The molecule has 0 radical (unpaired) electrons. The third kappa shape index (κ3) is 1.92. The van der Waals surface area contributed by atoms with Crippen LogP contribution < -0.4 is 4.90 Å². The van der Waals surface area contributed by atoms with Crippen LogP contribution in [-0.4, -0.2) is 19.1 Å². The Kier molecular flexibility index (Phi) is 2.92. The van der Waals surface area contributed by atoms with Gasteiger partial charge in [0.2, 0.25) is 0 Å². The lowest BCUT2D eigenvalue weighted by atomic mass is 10.00. The number of hydrogen-bond donors (Lipinski definition) is 0. The fraction of sp³-hybridized carbons (Fsp3) is 0.417. The Morgan fingerprint density at radius 2 is 1.82 bits per heavy atom. The number of halogens is 1. The van der Waals surface area contributed by atoms with E-state index in [-0.39, 0.29) is 5.15 Å². The van der Waals surface area contributed by atoms with E-state index in [0.29, 0.717) is 22.9 Å². The van der Waals surface area contributed by atoms with Crippen LogP contribution in [0.2, 0.25) is 5.15 Å². The molecule has 0 aliphatic heterocycles. The van der Waals surface area contributed by atoms with Gasteiger partial charge < -0.3 is 4.90 Å². The second kappa shape index (κ2) is 4.24. The standard InChI is InChI=1S/C12H11ClN4/c1-17(2)12-9(6-15)10(7-3-4-7)8(5-14)11(13)16-12/h7H,3-4H2,1-2H3. The highest BCUT2D eigenvalue weighted by atomic mass is 35.5. The van der Waals surface area contributed by atoms with Crippen molar-refractivity contribution in [3.8, 4) is 12.1 Å². The lowest BCUT2D eigenvalue weighted by Crippen LogP contribution is -2.15. The summed E-state index contributed by atoms with van der Waals surface area (Å²) in [5, 5.41) is 18.6. The van der Waals surface area contributed by atoms with Gasteiger partial charge in [-0.3, -0.25) is 0 Å². The largest absolute Gasteiger partial charge is 0.362 e.